The second-order valence-corrected chi connectivity index (χ2v) is 7.90. The van der Waals surface area contributed by atoms with E-state index in [4.69, 9.17) is 14.3 Å². The minimum Gasteiger partial charge on any atom is -0.464 e. The molecule has 8 heteroatoms. The van der Waals surface area contributed by atoms with Gasteiger partial charge in [-0.2, -0.15) is 0 Å². The van der Waals surface area contributed by atoms with Gasteiger partial charge in [-0.3, -0.25) is 4.79 Å². The van der Waals surface area contributed by atoms with Crippen LogP contribution >= 0.6 is 0 Å². The number of imidazole rings is 1. The number of esters is 1. The molecule has 1 atom stereocenters. The van der Waals surface area contributed by atoms with Crippen molar-refractivity contribution in [3.8, 4) is 11.3 Å². The van der Waals surface area contributed by atoms with E-state index in [1.165, 1.54) is 13.2 Å². The molecule has 1 aliphatic rings. The maximum Gasteiger partial charge on any atom is 0.356 e. The smallest absolute Gasteiger partial charge is 0.356 e. The molecule has 1 fully saturated rings. The Bertz CT molecular complexity index is 1150. The fraction of sp³-hybridized carbons (Fsp3) is 0.269. The quantitative estimate of drug-likeness (QED) is 0.298. The third kappa shape index (κ3) is 6.18. The van der Waals surface area contributed by atoms with Gasteiger partial charge in [0.2, 0.25) is 0 Å². The van der Waals surface area contributed by atoms with E-state index in [2.05, 4.69) is 15.4 Å². The Hall–Kier alpha value is -3.75. The molecule has 0 saturated carbocycles. The molecule has 1 amide bonds. The predicted octanol–water partition coefficient (Wildman–Crippen LogP) is 4.04. The minimum atomic E-state index is -0.471. The number of amides is 1. The Morgan fingerprint density at radius 3 is 2.79 bits per heavy atom. The van der Waals surface area contributed by atoms with Crippen molar-refractivity contribution in [3.05, 3.63) is 83.3 Å². The molecule has 2 N–H and O–H groups in total. The summed E-state index contributed by atoms with van der Waals surface area (Å²) in [6, 6.07) is 17.2. The lowest BCUT2D eigenvalue weighted by molar-refractivity contribution is -0.198. The summed E-state index contributed by atoms with van der Waals surface area (Å²) in [6.07, 6.45) is 6.01. The number of benzene rings is 2. The number of aromatic nitrogens is 2. The van der Waals surface area contributed by atoms with Gasteiger partial charge in [-0.1, -0.05) is 54.6 Å². The van der Waals surface area contributed by atoms with E-state index in [1.807, 2.05) is 54.6 Å². The zero-order valence-corrected chi connectivity index (χ0v) is 19.0. The van der Waals surface area contributed by atoms with E-state index in [0.717, 1.165) is 36.0 Å². The maximum atomic E-state index is 12.3. The summed E-state index contributed by atoms with van der Waals surface area (Å²) in [6.45, 7) is 0.646. The number of hydroxylamine groups is 1. The van der Waals surface area contributed by atoms with E-state index in [-0.39, 0.29) is 5.91 Å². The summed E-state index contributed by atoms with van der Waals surface area (Å²) >= 11 is 0. The molecular weight excluding hydrogens is 434 g/mol. The number of nitrogens with one attached hydrogen (secondary N) is 2. The molecule has 1 unspecified atom stereocenters. The van der Waals surface area contributed by atoms with Gasteiger partial charge in [0, 0.05) is 31.1 Å². The van der Waals surface area contributed by atoms with Crippen LogP contribution in [0, 0.1) is 0 Å². The van der Waals surface area contributed by atoms with Crippen LogP contribution < -0.4 is 5.48 Å². The van der Waals surface area contributed by atoms with Crippen molar-refractivity contribution in [1.82, 2.24) is 15.4 Å². The average molecular weight is 462 g/mol. The Morgan fingerprint density at radius 2 is 2.03 bits per heavy atom. The maximum absolute atomic E-state index is 12.3. The molecular formula is C26H27N3O5. The van der Waals surface area contributed by atoms with E-state index >= 15 is 0 Å². The first kappa shape index (κ1) is 23.4. The highest BCUT2D eigenvalue weighted by atomic mass is 16.8. The molecule has 0 bridgehead atoms. The summed E-state index contributed by atoms with van der Waals surface area (Å²) in [4.78, 5) is 37.4. The molecule has 2 aromatic carbocycles. The Kier molecular flexibility index (Phi) is 7.85. The number of carbonyl (C=O) groups is 2. The molecule has 1 aliphatic heterocycles. The summed E-state index contributed by atoms with van der Waals surface area (Å²) in [5.41, 5.74) is 5.93. The van der Waals surface area contributed by atoms with Crippen LogP contribution in [0.4, 0.5) is 0 Å². The SMILES string of the molecule is COC(=O)c1[nH]c(Cc2cccc(C=CC(=O)NOC3CCCCO3)c2)nc1-c1ccccc1. The van der Waals surface area contributed by atoms with Gasteiger partial charge in [0.1, 0.15) is 11.5 Å². The highest BCUT2D eigenvalue weighted by Gasteiger charge is 2.19. The third-order valence-corrected chi connectivity index (χ3v) is 5.37. The van der Waals surface area contributed by atoms with E-state index in [0.29, 0.717) is 30.2 Å². The number of rotatable bonds is 8. The molecule has 3 aromatic rings. The Morgan fingerprint density at radius 1 is 1.18 bits per heavy atom. The molecule has 4 rings (SSSR count). The second kappa shape index (κ2) is 11.4. The van der Waals surface area contributed by atoms with Gasteiger partial charge in [-0.15, -0.1) is 0 Å². The van der Waals surface area contributed by atoms with Crippen LogP contribution in [-0.2, 0) is 25.5 Å². The monoisotopic (exact) mass is 461 g/mol. The number of nitrogens with zero attached hydrogens (tertiary/aromatic N) is 1. The Labute approximate surface area is 197 Å². The van der Waals surface area contributed by atoms with Crippen molar-refractivity contribution in [2.24, 2.45) is 0 Å². The van der Waals surface area contributed by atoms with Crippen LogP contribution in [-0.4, -0.2) is 41.9 Å². The topological polar surface area (TPSA) is 103 Å². The van der Waals surface area contributed by atoms with Gasteiger partial charge in [0.15, 0.2) is 12.0 Å². The number of H-pyrrole nitrogens is 1. The molecule has 1 aromatic heterocycles. The first-order valence-corrected chi connectivity index (χ1v) is 11.2. The number of hydrogen-bond acceptors (Lipinski definition) is 6. The van der Waals surface area contributed by atoms with Gasteiger partial charge in [0.05, 0.1) is 7.11 Å². The van der Waals surface area contributed by atoms with Crippen LogP contribution in [0.5, 0.6) is 0 Å². The van der Waals surface area contributed by atoms with Crippen LogP contribution in [0.15, 0.2) is 60.7 Å². The second-order valence-electron chi connectivity index (χ2n) is 7.90. The number of carbonyl (C=O) groups excluding carboxylic acids is 2. The fourth-order valence-corrected chi connectivity index (χ4v) is 3.69. The lowest BCUT2D eigenvalue weighted by Crippen LogP contribution is -2.32. The Balaban J connectivity index is 1.43. The largest absolute Gasteiger partial charge is 0.464 e. The number of hydrogen-bond donors (Lipinski definition) is 2. The van der Waals surface area contributed by atoms with Crippen molar-refractivity contribution in [2.75, 3.05) is 13.7 Å². The summed E-state index contributed by atoms with van der Waals surface area (Å²) in [7, 11) is 1.34. The normalized spacial score (nSPS) is 15.9. The highest BCUT2D eigenvalue weighted by molar-refractivity contribution is 5.94. The molecule has 1 saturated heterocycles. The number of ether oxygens (including phenoxy) is 2. The van der Waals surface area contributed by atoms with Gasteiger partial charge in [-0.05, 0) is 30.0 Å². The molecule has 0 aliphatic carbocycles. The van der Waals surface area contributed by atoms with E-state index in [9.17, 15) is 9.59 Å². The standard InChI is InChI=1S/C26H27N3O5/c1-32-26(31)25-24(20-10-3-2-4-11-20)27-21(28-25)17-19-9-7-8-18(16-19)13-14-22(30)29-34-23-12-5-6-15-33-23/h2-4,7-11,13-14,16,23H,5-6,12,15,17H2,1H3,(H,27,28)(H,29,30). The van der Waals surface area contributed by atoms with Crippen LogP contribution in [0.1, 0.15) is 46.7 Å². The molecule has 8 nitrogen and oxygen atoms in total. The van der Waals surface area contributed by atoms with Crippen LogP contribution in [0.2, 0.25) is 0 Å². The first-order valence-electron chi connectivity index (χ1n) is 11.2. The predicted molar refractivity (Wildman–Crippen MR) is 126 cm³/mol. The number of methoxy groups -OCH3 is 1. The molecule has 2 heterocycles. The third-order valence-electron chi connectivity index (χ3n) is 5.37. The van der Waals surface area contributed by atoms with Crippen molar-refractivity contribution in [3.63, 3.8) is 0 Å². The molecule has 34 heavy (non-hydrogen) atoms. The van der Waals surface area contributed by atoms with Crippen molar-refractivity contribution < 1.29 is 23.9 Å². The zero-order chi connectivity index (χ0) is 23.8. The zero-order valence-electron chi connectivity index (χ0n) is 19.0. The van der Waals surface area contributed by atoms with E-state index < -0.39 is 12.3 Å². The van der Waals surface area contributed by atoms with Crippen molar-refractivity contribution in [2.45, 2.75) is 32.0 Å². The van der Waals surface area contributed by atoms with Gasteiger partial charge < -0.3 is 14.5 Å². The van der Waals surface area contributed by atoms with Crippen molar-refractivity contribution in [1.29, 1.82) is 0 Å². The summed E-state index contributed by atoms with van der Waals surface area (Å²) < 4.78 is 10.3. The molecule has 176 valence electrons. The average Bonchev–Trinajstić information content (AvgIpc) is 3.31. The van der Waals surface area contributed by atoms with Gasteiger partial charge in [0.25, 0.3) is 5.91 Å². The fourth-order valence-electron chi connectivity index (χ4n) is 3.69. The van der Waals surface area contributed by atoms with Gasteiger partial charge >= 0.3 is 5.97 Å². The molecule has 0 radical (unpaired) electrons. The lowest BCUT2D eigenvalue weighted by atomic mass is 10.1. The van der Waals surface area contributed by atoms with Gasteiger partial charge in [-0.25, -0.2) is 20.1 Å². The van der Waals surface area contributed by atoms with Crippen LogP contribution in [0.3, 0.4) is 0 Å². The first-order chi connectivity index (χ1) is 16.6. The van der Waals surface area contributed by atoms with Crippen LogP contribution in [0.25, 0.3) is 17.3 Å². The highest BCUT2D eigenvalue weighted by Crippen LogP contribution is 2.23. The summed E-state index contributed by atoms with van der Waals surface area (Å²) in [5.74, 6) is -0.194. The molecule has 0 spiro atoms. The number of aromatic amines is 1. The van der Waals surface area contributed by atoms with E-state index in [1.54, 1.807) is 6.08 Å². The lowest BCUT2D eigenvalue weighted by Gasteiger charge is -2.21. The minimum absolute atomic E-state index is 0.318. The van der Waals surface area contributed by atoms with Crippen molar-refractivity contribution >= 4 is 18.0 Å². The summed E-state index contributed by atoms with van der Waals surface area (Å²) in [5, 5.41) is 0.